The average Bonchev–Trinajstić information content (AvgIpc) is 2.90. The van der Waals surface area contributed by atoms with Gasteiger partial charge < -0.3 is 15.2 Å². The van der Waals surface area contributed by atoms with E-state index in [9.17, 15) is 18.0 Å². The third-order valence-electron chi connectivity index (χ3n) is 4.38. The molecule has 1 aromatic rings. The molecule has 10 heteroatoms. The van der Waals surface area contributed by atoms with Crippen LogP contribution in [0, 0.1) is 5.92 Å². The quantitative estimate of drug-likeness (QED) is 0.802. The van der Waals surface area contributed by atoms with Gasteiger partial charge in [0.05, 0.1) is 18.1 Å². The molecule has 0 radical (unpaired) electrons. The van der Waals surface area contributed by atoms with Gasteiger partial charge in [-0.2, -0.15) is 13.2 Å². The van der Waals surface area contributed by atoms with Gasteiger partial charge in [-0.25, -0.2) is 4.79 Å². The smallest absolute Gasteiger partial charge is 0.475 e. The number of hydrogen-bond acceptors (Lipinski definition) is 4. The first-order valence-electron chi connectivity index (χ1n) is 8.24. The number of benzene rings is 1. The van der Waals surface area contributed by atoms with Crippen LogP contribution in [0.1, 0.15) is 12.0 Å². The fourth-order valence-electron chi connectivity index (χ4n) is 3.18. The lowest BCUT2D eigenvalue weighted by Crippen LogP contribution is -2.44. The Morgan fingerprint density at radius 3 is 2.41 bits per heavy atom. The van der Waals surface area contributed by atoms with E-state index in [-0.39, 0.29) is 24.0 Å². The van der Waals surface area contributed by atoms with Gasteiger partial charge in [-0.1, -0.05) is 23.7 Å². The molecule has 1 amide bonds. The van der Waals surface area contributed by atoms with Crippen LogP contribution in [0.2, 0.25) is 5.02 Å². The number of hydrogen-bond donors (Lipinski definition) is 2. The van der Waals surface area contributed by atoms with E-state index < -0.39 is 12.1 Å². The summed E-state index contributed by atoms with van der Waals surface area (Å²) in [5, 5.41) is 10.6. The molecule has 0 saturated carbocycles. The Morgan fingerprint density at radius 2 is 1.89 bits per heavy atom. The van der Waals surface area contributed by atoms with E-state index in [0.29, 0.717) is 0 Å². The molecule has 150 valence electrons. The number of amides is 1. The van der Waals surface area contributed by atoms with Crippen LogP contribution < -0.4 is 5.32 Å². The van der Waals surface area contributed by atoms with Crippen LogP contribution in [-0.4, -0.2) is 60.4 Å². The number of carboxylic acids is 1. The second kappa shape index (κ2) is 8.90. The molecule has 3 rings (SSSR count). The molecule has 2 bridgehead atoms. The molecule has 2 aliphatic heterocycles. The van der Waals surface area contributed by atoms with E-state index in [0.717, 1.165) is 31.1 Å². The van der Waals surface area contributed by atoms with E-state index in [1.807, 2.05) is 12.1 Å². The molecular formula is C17H20ClF3N2O4. The summed E-state index contributed by atoms with van der Waals surface area (Å²) in [6.45, 7) is 2.60. The summed E-state index contributed by atoms with van der Waals surface area (Å²) >= 11 is 5.90. The van der Waals surface area contributed by atoms with E-state index in [4.69, 9.17) is 26.2 Å². The molecule has 0 aliphatic carbocycles. The Labute approximate surface area is 159 Å². The van der Waals surface area contributed by atoms with Gasteiger partial charge >= 0.3 is 12.1 Å². The van der Waals surface area contributed by atoms with Crippen molar-refractivity contribution in [2.45, 2.75) is 31.3 Å². The van der Waals surface area contributed by atoms with E-state index in [2.05, 4.69) is 22.3 Å². The van der Waals surface area contributed by atoms with Crippen molar-refractivity contribution < 1.29 is 32.6 Å². The van der Waals surface area contributed by atoms with Crippen molar-refractivity contribution in [3.8, 4) is 0 Å². The number of ether oxygens (including phenoxy) is 1. The summed E-state index contributed by atoms with van der Waals surface area (Å²) in [5.74, 6) is -2.65. The van der Waals surface area contributed by atoms with Crippen molar-refractivity contribution in [2.75, 3.05) is 20.1 Å². The van der Waals surface area contributed by atoms with Crippen LogP contribution in [0.4, 0.5) is 13.2 Å². The number of likely N-dealkylation sites (tertiary alicyclic amines) is 1. The number of aliphatic carboxylic acids is 1. The van der Waals surface area contributed by atoms with Gasteiger partial charge in [-0.05, 0) is 24.1 Å². The molecule has 0 aromatic heterocycles. The fraction of sp³-hybridized carbons (Fsp3) is 0.529. The number of nitrogens with one attached hydrogen (secondary N) is 1. The SMILES string of the molecule is CNC(=O)[C@H]1C[C@@H]2CN(Cc3ccc(Cl)cc3)C[C@H]1O2.O=C(O)C(F)(F)F. The van der Waals surface area contributed by atoms with Gasteiger partial charge in [0.25, 0.3) is 0 Å². The van der Waals surface area contributed by atoms with Crippen molar-refractivity contribution in [3.63, 3.8) is 0 Å². The topological polar surface area (TPSA) is 78.9 Å². The molecular weight excluding hydrogens is 389 g/mol. The second-order valence-electron chi connectivity index (χ2n) is 6.38. The minimum Gasteiger partial charge on any atom is -0.475 e. The van der Waals surface area contributed by atoms with Crippen LogP contribution >= 0.6 is 11.6 Å². The maximum atomic E-state index is 11.8. The van der Waals surface area contributed by atoms with Gasteiger partial charge in [0.1, 0.15) is 0 Å². The molecule has 2 heterocycles. The molecule has 2 fully saturated rings. The lowest BCUT2D eigenvalue weighted by Gasteiger charge is -2.32. The van der Waals surface area contributed by atoms with Gasteiger partial charge in [0, 0.05) is 31.7 Å². The first kappa shape index (κ1) is 21.5. The summed E-state index contributed by atoms with van der Waals surface area (Å²) in [7, 11) is 1.69. The highest BCUT2D eigenvalue weighted by Crippen LogP contribution is 2.32. The standard InChI is InChI=1S/C15H19ClN2O2.C2HF3O2/c1-17-15(19)13-6-12-8-18(9-14(13)20-12)7-10-2-4-11(16)5-3-10;3-2(4,5)1(6)7/h2-5,12-14H,6-9H2,1H3,(H,17,19);(H,6,7)/t12-,13+,14-;/m1./s1. The van der Waals surface area contributed by atoms with Crippen molar-refractivity contribution >= 4 is 23.5 Å². The first-order valence-corrected chi connectivity index (χ1v) is 8.62. The predicted octanol–water partition coefficient (Wildman–Crippen LogP) is 2.31. The number of fused-ring (bicyclic) bond motifs is 2. The zero-order valence-corrected chi connectivity index (χ0v) is 15.3. The number of rotatable bonds is 3. The highest BCUT2D eigenvalue weighted by molar-refractivity contribution is 6.30. The summed E-state index contributed by atoms with van der Waals surface area (Å²) in [4.78, 5) is 23.1. The Hall–Kier alpha value is -1.84. The van der Waals surface area contributed by atoms with Gasteiger partial charge in [-0.15, -0.1) is 0 Å². The predicted molar refractivity (Wildman–Crippen MR) is 91.3 cm³/mol. The second-order valence-corrected chi connectivity index (χ2v) is 6.81. The lowest BCUT2D eigenvalue weighted by atomic mass is 10.00. The van der Waals surface area contributed by atoms with Crippen molar-refractivity contribution in [1.29, 1.82) is 0 Å². The Kier molecular flexibility index (Phi) is 7.07. The maximum Gasteiger partial charge on any atom is 0.490 e. The van der Waals surface area contributed by atoms with E-state index in [1.54, 1.807) is 7.05 Å². The molecule has 1 aromatic carbocycles. The molecule has 2 saturated heterocycles. The number of carboxylic acid groups (broad SMARTS) is 1. The van der Waals surface area contributed by atoms with Crippen LogP contribution in [0.15, 0.2) is 24.3 Å². The maximum absolute atomic E-state index is 11.8. The fourth-order valence-corrected chi connectivity index (χ4v) is 3.30. The van der Waals surface area contributed by atoms with E-state index >= 15 is 0 Å². The number of carbonyl (C=O) groups excluding carboxylic acids is 1. The summed E-state index contributed by atoms with van der Waals surface area (Å²) in [6, 6.07) is 7.93. The normalized spacial score (nSPS) is 24.7. The first-order chi connectivity index (χ1) is 12.6. The molecule has 2 aliphatic rings. The third-order valence-corrected chi connectivity index (χ3v) is 4.63. The molecule has 3 atom stereocenters. The minimum absolute atomic E-state index is 0.000202. The summed E-state index contributed by atoms with van der Waals surface area (Å²) in [6.07, 6.45) is -4.04. The van der Waals surface area contributed by atoms with Gasteiger partial charge in [0.15, 0.2) is 0 Å². The van der Waals surface area contributed by atoms with Crippen LogP contribution in [0.3, 0.4) is 0 Å². The number of halogens is 4. The number of carbonyl (C=O) groups is 2. The van der Waals surface area contributed by atoms with Gasteiger partial charge in [-0.3, -0.25) is 9.69 Å². The molecule has 6 nitrogen and oxygen atoms in total. The number of alkyl halides is 3. The zero-order valence-electron chi connectivity index (χ0n) is 14.5. The largest absolute Gasteiger partial charge is 0.490 e. The van der Waals surface area contributed by atoms with Crippen LogP contribution in [0.25, 0.3) is 0 Å². The molecule has 27 heavy (non-hydrogen) atoms. The number of nitrogens with zero attached hydrogens (tertiary/aromatic N) is 1. The Bertz CT molecular complexity index is 669. The van der Waals surface area contributed by atoms with Crippen molar-refractivity contribution in [2.24, 2.45) is 5.92 Å². The third kappa shape index (κ3) is 6.08. The Balaban J connectivity index is 0.000000321. The molecule has 0 unspecified atom stereocenters. The molecule has 2 N–H and O–H groups in total. The van der Waals surface area contributed by atoms with Crippen molar-refractivity contribution in [3.05, 3.63) is 34.9 Å². The monoisotopic (exact) mass is 408 g/mol. The van der Waals surface area contributed by atoms with Crippen LogP contribution in [0.5, 0.6) is 0 Å². The minimum atomic E-state index is -5.08. The highest BCUT2D eigenvalue weighted by atomic mass is 35.5. The lowest BCUT2D eigenvalue weighted by molar-refractivity contribution is -0.192. The van der Waals surface area contributed by atoms with E-state index in [1.165, 1.54) is 5.56 Å². The summed E-state index contributed by atoms with van der Waals surface area (Å²) < 4.78 is 37.6. The summed E-state index contributed by atoms with van der Waals surface area (Å²) in [5.41, 5.74) is 1.24. The Morgan fingerprint density at radius 1 is 1.30 bits per heavy atom. The zero-order chi connectivity index (χ0) is 20.2. The molecule has 0 spiro atoms. The van der Waals surface area contributed by atoms with Crippen LogP contribution in [-0.2, 0) is 20.9 Å². The van der Waals surface area contributed by atoms with Gasteiger partial charge in [0.2, 0.25) is 5.91 Å². The average molecular weight is 409 g/mol. The highest BCUT2D eigenvalue weighted by Gasteiger charge is 2.44. The number of morpholine rings is 1. The van der Waals surface area contributed by atoms with Crippen molar-refractivity contribution in [1.82, 2.24) is 10.2 Å².